The third kappa shape index (κ3) is 2.06. The number of methoxy groups -OCH3 is 1. The molecule has 0 saturated carbocycles. The summed E-state index contributed by atoms with van der Waals surface area (Å²) in [4.78, 5) is 4.98. The Labute approximate surface area is 131 Å². The Hall–Kier alpha value is -2.09. The van der Waals surface area contributed by atoms with Crippen molar-refractivity contribution in [2.24, 2.45) is 4.99 Å². The van der Waals surface area contributed by atoms with E-state index < -0.39 is 0 Å². The SMILES string of the molecule is COc1ccc(C2C=CCC3=C4CCCC=C4N=C32)cc1C. The minimum absolute atomic E-state index is 0.285. The average molecular weight is 291 g/mol. The first-order valence-electron chi connectivity index (χ1n) is 8.10. The third-order valence-corrected chi connectivity index (χ3v) is 4.92. The molecule has 2 aliphatic carbocycles. The van der Waals surface area contributed by atoms with Crippen LogP contribution in [0.15, 0.2) is 58.3 Å². The van der Waals surface area contributed by atoms with Crippen LogP contribution in [0.1, 0.15) is 42.7 Å². The minimum atomic E-state index is 0.285. The summed E-state index contributed by atoms with van der Waals surface area (Å²) in [7, 11) is 1.73. The van der Waals surface area contributed by atoms with Crippen molar-refractivity contribution in [3.05, 3.63) is 64.4 Å². The maximum atomic E-state index is 5.38. The Bertz CT molecular complexity index is 749. The number of hydrogen-bond donors (Lipinski definition) is 0. The van der Waals surface area contributed by atoms with E-state index in [2.05, 4.69) is 43.4 Å². The van der Waals surface area contributed by atoms with Gasteiger partial charge in [0.25, 0.3) is 0 Å². The van der Waals surface area contributed by atoms with Gasteiger partial charge in [-0.05, 0) is 60.9 Å². The number of ether oxygens (including phenoxy) is 1. The second-order valence-electron chi connectivity index (χ2n) is 6.27. The lowest BCUT2D eigenvalue weighted by Crippen LogP contribution is -2.15. The molecule has 2 heteroatoms. The molecule has 22 heavy (non-hydrogen) atoms. The zero-order valence-corrected chi connectivity index (χ0v) is 13.2. The van der Waals surface area contributed by atoms with Gasteiger partial charge in [0, 0.05) is 5.92 Å². The van der Waals surface area contributed by atoms with Gasteiger partial charge in [0.1, 0.15) is 5.75 Å². The highest BCUT2D eigenvalue weighted by atomic mass is 16.5. The van der Waals surface area contributed by atoms with Crippen LogP contribution in [0.3, 0.4) is 0 Å². The average Bonchev–Trinajstić information content (AvgIpc) is 2.93. The van der Waals surface area contributed by atoms with Gasteiger partial charge in [-0.25, -0.2) is 0 Å². The van der Waals surface area contributed by atoms with E-state index in [1.165, 1.54) is 52.9 Å². The quantitative estimate of drug-likeness (QED) is 0.713. The van der Waals surface area contributed by atoms with Crippen molar-refractivity contribution in [1.29, 1.82) is 0 Å². The number of rotatable bonds is 2. The van der Waals surface area contributed by atoms with Gasteiger partial charge < -0.3 is 4.74 Å². The van der Waals surface area contributed by atoms with E-state index in [4.69, 9.17) is 9.73 Å². The van der Waals surface area contributed by atoms with Crippen LogP contribution in [-0.2, 0) is 0 Å². The van der Waals surface area contributed by atoms with Gasteiger partial charge >= 0.3 is 0 Å². The van der Waals surface area contributed by atoms with Crippen molar-refractivity contribution >= 4 is 5.71 Å². The van der Waals surface area contributed by atoms with Crippen molar-refractivity contribution < 1.29 is 4.74 Å². The molecular formula is C20H21NO. The highest BCUT2D eigenvalue weighted by Crippen LogP contribution is 2.42. The van der Waals surface area contributed by atoms with Gasteiger partial charge in [0.15, 0.2) is 0 Å². The maximum absolute atomic E-state index is 5.38. The summed E-state index contributed by atoms with van der Waals surface area (Å²) in [6.45, 7) is 2.10. The van der Waals surface area contributed by atoms with Crippen molar-refractivity contribution in [2.45, 2.75) is 38.5 Å². The van der Waals surface area contributed by atoms with Crippen LogP contribution >= 0.6 is 0 Å². The van der Waals surface area contributed by atoms with Crippen LogP contribution in [-0.4, -0.2) is 12.8 Å². The molecule has 0 N–H and O–H groups in total. The fraction of sp³-hybridized carbons (Fsp3) is 0.350. The molecule has 0 radical (unpaired) electrons. The highest BCUT2D eigenvalue weighted by Gasteiger charge is 2.31. The molecule has 1 unspecified atom stereocenters. The summed E-state index contributed by atoms with van der Waals surface area (Å²) in [5.74, 6) is 1.24. The van der Waals surface area contributed by atoms with E-state index in [1.807, 2.05) is 0 Å². The second-order valence-corrected chi connectivity index (χ2v) is 6.27. The zero-order chi connectivity index (χ0) is 15.1. The van der Waals surface area contributed by atoms with E-state index >= 15 is 0 Å². The van der Waals surface area contributed by atoms with Gasteiger partial charge in [0.2, 0.25) is 0 Å². The van der Waals surface area contributed by atoms with Crippen LogP contribution in [0.5, 0.6) is 5.75 Å². The maximum Gasteiger partial charge on any atom is 0.121 e. The molecule has 1 aliphatic heterocycles. The number of fused-ring (bicyclic) bond motifs is 2. The molecule has 4 rings (SSSR count). The summed E-state index contributed by atoms with van der Waals surface area (Å²) in [6.07, 6.45) is 11.6. The number of benzene rings is 1. The molecule has 1 aromatic rings. The molecular weight excluding hydrogens is 270 g/mol. The molecule has 1 heterocycles. The molecule has 0 aromatic heterocycles. The molecule has 1 aromatic carbocycles. The Morgan fingerprint density at radius 3 is 2.95 bits per heavy atom. The lowest BCUT2D eigenvalue weighted by molar-refractivity contribution is 0.411. The fourth-order valence-electron chi connectivity index (χ4n) is 3.80. The second kappa shape index (κ2) is 5.28. The summed E-state index contributed by atoms with van der Waals surface area (Å²) in [5.41, 5.74) is 7.99. The zero-order valence-electron chi connectivity index (χ0n) is 13.2. The van der Waals surface area contributed by atoms with E-state index in [0.29, 0.717) is 0 Å². The summed E-state index contributed by atoms with van der Waals surface area (Å²) >= 11 is 0. The monoisotopic (exact) mass is 291 g/mol. The van der Waals surface area contributed by atoms with Gasteiger partial charge in [0.05, 0.1) is 18.5 Å². The first-order chi connectivity index (χ1) is 10.8. The smallest absolute Gasteiger partial charge is 0.121 e. The van der Waals surface area contributed by atoms with Crippen LogP contribution in [0.2, 0.25) is 0 Å². The normalized spacial score (nSPS) is 22.9. The van der Waals surface area contributed by atoms with Gasteiger partial charge in [-0.2, -0.15) is 0 Å². The highest BCUT2D eigenvalue weighted by molar-refractivity contribution is 6.11. The Kier molecular flexibility index (Phi) is 3.25. The molecule has 0 spiro atoms. The predicted molar refractivity (Wildman–Crippen MR) is 90.6 cm³/mol. The molecule has 0 amide bonds. The number of hydrogen-bond acceptors (Lipinski definition) is 2. The lowest BCUT2D eigenvalue weighted by Gasteiger charge is -2.21. The van der Waals surface area contributed by atoms with Crippen LogP contribution in [0, 0.1) is 6.92 Å². The van der Waals surface area contributed by atoms with Gasteiger partial charge in [-0.1, -0.05) is 30.4 Å². The number of aryl methyl sites for hydroxylation is 1. The lowest BCUT2D eigenvalue weighted by atomic mass is 9.82. The van der Waals surface area contributed by atoms with E-state index in [-0.39, 0.29) is 5.92 Å². The van der Waals surface area contributed by atoms with Crippen LogP contribution < -0.4 is 4.74 Å². The molecule has 1 atom stereocenters. The molecule has 0 bridgehead atoms. The molecule has 112 valence electrons. The van der Waals surface area contributed by atoms with Crippen LogP contribution in [0.25, 0.3) is 0 Å². The summed E-state index contributed by atoms with van der Waals surface area (Å²) in [5, 5.41) is 0. The van der Waals surface area contributed by atoms with Crippen molar-refractivity contribution in [3.8, 4) is 5.75 Å². The van der Waals surface area contributed by atoms with Crippen LogP contribution in [0.4, 0.5) is 0 Å². The Morgan fingerprint density at radius 1 is 1.23 bits per heavy atom. The summed E-state index contributed by atoms with van der Waals surface area (Å²) < 4.78 is 5.38. The first-order valence-corrected chi connectivity index (χ1v) is 8.10. The topological polar surface area (TPSA) is 21.6 Å². The van der Waals surface area contributed by atoms with Gasteiger partial charge in [-0.3, -0.25) is 4.99 Å². The van der Waals surface area contributed by atoms with Gasteiger partial charge in [-0.15, -0.1) is 0 Å². The molecule has 2 nitrogen and oxygen atoms in total. The summed E-state index contributed by atoms with van der Waals surface area (Å²) in [6, 6.07) is 6.48. The minimum Gasteiger partial charge on any atom is -0.496 e. The van der Waals surface area contributed by atoms with E-state index in [1.54, 1.807) is 7.11 Å². The Morgan fingerprint density at radius 2 is 2.14 bits per heavy atom. The number of aliphatic imine (C=N–C) groups is 1. The number of allylic oxidation sites excluding steroid dienone is 5. The molecule has 0 saturated heterocycles. The molecule has 3 aliphatic rings. The van der Waals surface area contributed by atoms with Crippen molar-refractivity contribution in [1.82, 2.24) is 0 Å². The fourth-order valence-corrected chi connectivity index (χ4v) is 3.80. The van der Waals surface area contributed by atoms with E-state index in [9.17, 15) is 0 Å². The van der Waals surface area contributed by atoms with Crippen molar-refractivity contribution in [3.63, 3.8) is 0 Å². The first kappa shape index (κ1) is 13.6. The standard InChI is InChI=1S/C20H21NO/c1-13-12-14(10-11-19(13)22-2)15-7-5-8-17-16-6-3-4-9-18(16)21-20(15)17/h5,7,9-12,15H,3-4,6,8H2,1-2H3. The predicted octanol–water partition coefficient (Wildman–Crippen LogP) is 4.87. The number of nitrogens with zero attached hydrogens (tertiary/aromatic N) is 1. The van der Waals surface area contributed by atoms with E-state index in [0.717, 1.165) is 12.2 Å². The van der Waals surface area contributed by atoms with Crippen molar-refractivity contribution in [2.75, 3.05) is 7.11 Å². The Balaban J connectivity index is 1.77. The third-order valence-electron chi connectivity index (χ3n) is 4.92. The molecule has 0 fully saturated rings. The largest absolute Gasteiger partial charge is 0.496 e.